The average Bonchev–Trinajstić information content (AvgIpc) is 2.64. The number of amides is 1. The van der Waals surface area contributed by atoms with Gasteiger partial charge in [-0.05, 0) is 43.5 Å². The molecule has 2 aliphatic rings. The van der Waals surface area contributed by atoms with E-state index in [1.54, 1.807) is 0 Å². The molecule has 0 aromatic heterocycles. The van der Waals surface area contributed by atoms with Gasteiger partial charge in [-0.2, -0.15) is 0 Å². The average molecular weight is 352 g/mol. The first-order chi connectivity index (χ1) is 12.1. The van der Waals surface area contributed by atoms with Crippen LogP contribution in [0.2, 0.25) is 0 Å². The lowest BCUT2D eigenvalue weighted by Gasteiger charge is -2.42. The third kappa shape index (κ3) is 4.90. The summed E-state index contributed by atoms with van der Waals surface area (Å²) in [5.74, 6) is -0.195. The summed E-state index contributed by atoms with van der Waals surface area (Å²) in [4.78, 5) is 14.4. The molecule has 138 valence electrons. The Labute approximate surface area is 146 Å². The number of nitrogens with one attached hydrogen (secondary N) is 1. The van der Waals surface area contributed by atoms with Gasteiger partial charge in [-0.15, -0.1) is 0 Å². The molecule has 1 amide bonds. The van der Waals surface area contributed by atoms with Crippen LogP contribution in [0.25, 0.3) is 0 Å². The van der Waals surface area contributed by atoms with Gasteiger partial charge in [0.2, 0.25) is 0 Å². The highest BCUT2D eigenvalue weighted by molar-refractivity contribution is 5.77. The van der Waals surface area contributed by atoms with Crippen molar-refractivity contribution in [1.29, 1.82) is 0 Å². The summed E-state index contributed by atoms with van der Waals surface area (Å²) in [5.41, 5.74) is 0. The van der Waals surface area contributed by atoms with Gasteiger partial charge in [0.1, 0.15) is 11.6 Å². The van der Waals surface area contributed by atoms with Crippen molar-refractivity contribution >= 4 is 5.91 Å². The number of nitrogens with zero attached hydrogens (tertiary/aromatic N) is 1. The fourth-order valence-electron chi connectivity index (χ4n) is 3.55. The quantitative estimate of drug-likeness (QED) is 0.825. The number of aliphatic hydroxyl groups is 1. The number of carbonyl (C=O) groups excluding carboxylic acids is 1. The molecule has 1 saturated heterocycles. The van der Waals surface area contributed by atoms with Gasteiger partial charge in [-0.25, -0.2) is 4.39 Å². The van der Waals surface area contributed by atoms with E-state index in [4.69, 9.17) is 9.47 Å². The SMILES string of the molecule is O=C(COc1ccc(F)cc1)N[C@@H]1CCC[C@@H](N2CCOCC2)[C@@H]1O. The molecular weight excluding hydrogens is 327 g/mol. The van der Waals surface area contributed by atoms with Crippen molar-refractivity contribution in [2.24, 2.45) is 0 Å². The molecule has 3 rings (SSSR count). The lowest BCUT2D eigenvalue weighted by atomic mass is 9.87. The molecule has 1 saturated carbocycles. The van der Waals surface area contributed by atoms with E-state index in [0.717, 1.165) is 32.4 Å². The Kier molecular flexibility index (Phi) is 6.23. The summed E-state index contributed by atoms with van der Waals surface area (Å²) >= 11 is 0. The van der Waals surface area contributed by atoms with Crippen LogP contribution in [0.4, 0.5) is 4.39 Å². The second kappa shape index (κ2) is 8.60. The van der Waals surface area contributed by atoms with Crippen molar-refractivity contribution in [2.75, 3.05) is 32.9 Å². The second-order valence-electron chi connectivity index (χ2n) is 6.55. The molecule has 1 aliphatic heterocycles. The third-order valence-corrected chi connectivity index (χ3v) is 4.87. The molecule has 6 nitrogen and oxygen atoms in total. The van der Waals surface area contributed by atoms with Crippen LogP contribution in [0.15, 0.2) is 24.3 Å². The number of morpholine rings is 1. The molecule has 2 fully saturated rings. The summed E-state index contributed by atoms with van der Waals surface area (Å²) in [6.45, 7) is 2.85. The lowest BCUT2D eigenvalue weighted by molar-refractivity contribution is -0.126. The van der Waals surface area contributed by atoms with Gasteiger partial charge in [-0.1, -0.05) is 0 Å². The zero-order chi connectivity index (χ0) is 17.6. The molecular formula is C18H25FN2O4. The highest BCUT2D eigenvalue weighted by Gasteiger charge is 2.36. The molecule has 25 heavy (non-hydrogen) atoms. The van der Waals surface area contributed by atoms with E-state index in [9.17, 15) is 14.3 Å². The fourth-order valence-corrected chi connectivity index (χ4v) is 3.55. The van der Waals surface area contributed by atoms with E-state index in [1.165, 1.54) is 24.3 Å². The Balaban J connectivity index is 1.48. The van der Waals surface area contributed by atoms with Crippen LogP contribution in [0, 0.1) is 5.82 Å². The van der Waals surface area contributed by atoms with E-state index in [0.29, 0.717) is 19.0 Å². The van der Waals surface area contributed by atoms with E-state index >= 15 is 0 Å². The van der Waals surface area contributed by atoms with E-state index in [-0.39, 0.29) is 30.4 Å². The zero-order valence-corrected chi connectivity index (χ0v) is 14.2. The maximum Gasteiger partial charge on any atom is 0.258 e. The molecule has 2 N–H and O–H groups in total. The minimum atomic E-state index is -0.596. The number of benzene rings is 1. The first kappa shape index (κ1) is 18.1. The van der Waals surface area contributed by atoms with E-state index < -0.39 is 6.10 Å². The Morgan fingerprint density at radius 3 is 2.72 bits per heavy atom. The molecule has 1 aliphatic carbocycles. The summed E-state index contributed by atoms with van der Waals surface area (Å²) in [6, 6.07) is 5.31. The smallest absolute Gasteiger partial charge is 0.258 e. The highest BCUT2D eigenvalue weighted by atomic mass is 19.1. The molecule has 0 unspecified atom stereocenters. The van der Waals surface area contributed by atoms with Gasteiger partial charge in [0.15, 0.2) is 6.61 Å². The number of halogens is 1. The topological polar surface area (TPSA) is 71.0 Å². The molecule has 1 aromatic rings. The van der Waals surface area contributed by atoms with Crippen molar-refractivity contribution in [3.63, 3.8) is 0 Å². The van der Waals surface area contributed by atoms with Crippen LogP contribution in [-0.4, -0.2) is 67.0 Å². The Hall–Kier alpha value is -1.70. The van der Waals surface area contributed by atoms with Crippen LogP contribution in [0.1, 0.15) is 19.3 Å². The largest absolute Gasteiger partial charge is 0.484 e. The Morgan fingerprint density at radius 1 is 1.28 bits per heavy atom. The molecule has 1 heterocycles. The fraction of sp³-hybridized carbons (Fsp3) is 0.611. The maximum absolute atomic E-state index is 12.9. The van der Waals surface area contributed by atoms with Crippen molar-refractivity contribution in [1.82, 2.24) is 10.2 Å². The summed E-state index contributed by atoms with van der Waals surface area (Å²) in [5, 5.41) is 13.5. The molecule has 7 heteroatoms. The molecule has 0 radical (unpaired) electrons. The predicted molar refractivity (Wildman–Crippen MR) is 89.9 cm³/mol. The zero-order valence-electron chi connectivity index (χ0n) is 14.2. The number of rotatable bonds is 5. The van der Waals surface area contributed by atoms with Gasteiger partial charge >= 0.3 is 0 Å². The van der Waals surface area contributed by atoms with Crippen molar-refractivity contribution in [3.8, 4) is 5.75 Å². The Bertz CT molecular complexity index is 563. The van der Waals surface area contributed by atoms with Crippen LogP contribution in [0.5, 0.6) is 5.75 Å². The first-order valence-electron chi connectivity index (χ1n) is 8.81. The standard InChI is InChI=1S/C18H25FN2O4/c19-13-4-6-14(7-5-13)25-12-17(22)20-15-2-1-3-16(18(15)23)21-8-10-24-11-9-21/h4-7,15-16,18,23H,1-3,8-12H2,(H,20,22)/t15-,16-,18-/m1/s1. The molecule has 0 bridgehead atoms. The van der Waals surface area contributed by atoms with Crippen molar-refractivity contribution < 1.29 is 23.8 Å². The van der Waals surface area contributed by atoms with Gasteiger partial charge < -0.3 is 19.9 Å². The van der Waals surface area contributed by atoms with Crippen LogP contribution in [0.3, 0.4) is 0 Å². The third-order valence-electron chi connectivity index (χ3n) is 4.87. The van der Waals surface area contributed by atoms with E-state index in [1.807, 2.05) is 0 Å². The molecule has 0 spiro atoms. The minimum absolute atomic E-state index is 0.0565. The van der Waals surface area contributed by atoms with E-state index in [2.05, 4.69) is 10.2 Å². The number of aliphatic hydroxyl groups excluding tert-OH is 1. The summed E-state index contributed by atoms with van der Waals surface area (Å²) in [6.07, 6.45) is 2.05. The Morgan fingerprint density at radius 2 is 2.00 bits per heavy atom. The summed E-state index contributed by atoms with van der Waals surface area (Å²) < 4.78 is 23.6. The molecule has 3 atom stereocenters. The number of hydrogen-bond donors (Lipinski definition) is 2. The van der Waals surface area contributed by atoms with Crippen molar-refractivity contribution in [3.05, 3.63) is 30.1 Å². The van der Waals surface area contributed by atoms with Crippen LogP contribution in [-0.2, 0) is 9.53 Å². The van der Waals surface area contributed by atoms with Gasteiger partial charge in [-0.3, -0.25) is 9.69 Å². The van der Waals surface area contributed by atoms with Gasteiger partial charge in [0, 0.05) is 19.1 Å². The number of hydrogen-bond acceptors (Lipinski definition) is 5. The molecule has 1 aromatic carbocycles. The van der Waals surface area contributed by atoms with Gasteiger partial charge in [0.25, 0.3) is 5.91 Å². The number of carbonyl (C=O) groups is 1. The van der Waals surface area contributed by atoms with Crippen LogP contribution < -0.4 is 10.1 Å². The second-order valence-corrected chi connectivity index (χ2v) is 6.55. The first-order valence-corrected chi connectivity index (χ1v) is 8.81. The number of ether oxygens (including phenoxy) is 2. The monoisotopic (exact) mass is 352 g/mol. The highest BCUT2D eigenvalue weighted by Crippen LogP contribution is 2.24. The predicted octanol–water partition coefficient (Wildman–Crippen LogP) is 0.935. The van der Waals surface area contributed by atoms with Gasteiger partial charge in [0.05, 0.1) is 25.4 Å². The summed E-state index contributed by atoms with van der Waals surface area (Å²) in [7, 11) is 0. The van der Waals surface area contributed by atoms with Crippen LogP contribution >= 0.6 is 0 Å². The minimum Gasteiger partial charge on any atom is -0.484 e. The lowest BCUT2D eigenvalue weighted by Crippen LogP contribution is -2.58. The normalized spacial score (nSPS) is 27.7. The van der Waals surface area contributed by atoms with Crippen molar-refractivity contribution in [2.45, 2.75) is 37.5 Å². The maximum atomic E-state index is 12.9.